The standard InChI is InChI=1S/C16H14N4O/c1-11-2-4-12(5-3-11)14-10-15(20-19-14)16(21)18-13-6-8-17-9-7-13/h2-10H,1H3,(H,19,20)(H,17,18,21). The van der Waals surface area contributed by atoms with E-state index in [1.165, 1.54) is 5.56 Å². The summed E-state index contributed by atoms with van der Waals surface area (Å²) in [7, 11) is 0. The second kappa shape index (κ2) is 5.58. The van der Waals surface area contributed by atoms with Gasteiger partial charge in [0.15, 0.2) is 0 Å². The van der Waals surface area contributed by atoms with E-state index in [4.69, 9.17) is 0 Å². The van der Waals surface area contributed by atoms with Crippen LogP contribution in [0.5, 0.6) is 0 Å². The van der Waals surface area contributed by atoms with Gasteiger partial charge in [0.1, 0.15) is 5.69 Å². The molecule has 104 valence electrons. The van der Waals surface area contributed by atoms with Crippen LogP contribution in [0.4, 0.5) is 5.69 Å². The lowest BCUT2D eigenvalue weighted by atomic mass is 10.1. The van der Waals surface area contributed by atoms with E-state index < -0.39 is 0 Å². The molecule has 0 saturated heterocycles. The van der Waals surface area contributed by atoms with Crippen LogP contribution in [0, 0.1) is 6.92 Å². The minimum absolute atomic E-state index is 0.230. The van der Waals surface area contributed by atoms with Crippen LogP contribution in [-0.4, -0.2) is 21.1 Å². The van der Waals surface area contributed by atoms with Crippen molar-refractivity contribution in [2.75, 3.05) is 5.32 Å². The summed E-state index contributed by atoms with van der Waals surface area (Å²) in [5.74, 6) is -0.230. The molecule has 2 N–H and O–H groups in total. The maximum Gasteiger partial charge on any atom is 0.273 e. The number of amides is 1. The van der Waals surface area contributed by atoms with E-state index in [9.17, 15) is 4.79 Å². The number of aromatic amines is 1. The second-order valence-electron chi connectivity index (χ2n) is 4.72. The summed E-state index contributed by atoms with van der Waals surface area (Å²) < 4.78 is 0. The zero-order chi connectivity index (χ0) is 14.7. The molecule has 0 unspecified atom stereocenters. The van der Waals surface area contributed by atoms with Crippen molar-refractivity contribution in [3.63, 3.8) is 0 Å². The summed E-state index contributed by atoms with van der Waals surface area (Å²) >= 11 is 0. The van der Waals surface area contributed by atoms with Crippen LogP contribution in [-0.2, 0) is 0 Å². The highest BCUT2D eigenvalue weighted by Crippen LogP contribution is 2.18. The third-order valence-electron chi connectivity index (χ3n) is 3.11. The Morgan fingerprint density at radius 2 is 1.81 bits per heavy atom. The lowest BCUT2D eigenvalue weighted by molar-refractivity contribution is 0.102. The average Bonchev–Trinajstić information content (AvgIpc) is 2.99. The van der Waals surface area contributed by atoms with Crippen LogP contribution in [0.3, 0.4) is 0 Å². The molecule has 3 aromatic rings. The molecule has 0 radical (unpaired) electrons. The second-order valence-corrected chi connectivity index (χ2v) is 4.72. The van der Waals surface area contributed by atoms with E-state index in [1.807, 2.05) is 31.2 Å². The molecular formula is C16H14N4O. The monoisotopic (exact) mass is 278 g/mol. The fourth-order valence-electron chi connectivity index (χ4n) is 1.94. The first-order chi connectivity index (χ1) is 10.2. The Labute approximate surface area is 122 Å². The molecule has 0 fully saturated rings. The van der Waals surface area contributed by atoms with Gasteiger partial charge < -0.3 is 5.32 Å². The predicted molar refractivity (Wildman–Crippen MR) is 81.0 cm³/mol. The number of rotatable bonds is 3. The van der Waals surface area contributed by atoms with Gasteiger partial charge in [0.25, 0.3) is 5.91 Å². The maximum absolute atomic E-state index is 12.1. The molecule has 0 aliphatic rings. The lowest BCUT2D eigenvalue weighted by Gasteiger charge is -2.01. The summed E-state index contributed by atoms with van der Waals surface area (Å²) in [6.45, 7) is 2.03. The van der Waals surface area contributed by atoms with E-state index in [-0.39, 0.29) is 5.91 Å². The van der Waals surface area contributed by atoms with Gasteiger partial charge in [0.2, 0.25) is 0 Å². The third kappa shape index (κ3) is 2.97. The Morgan fingerprint density at radius 3 is 2.52 bits per heavy atom. The van der Waals surface area contributed by atoms with Gasteiger partial charge in [-0.05, 0) is 25.1 Å². The number of nitrogens with one attached hydrogen (secondary N) is 2. The number of hydrogen-bond donors (Lipinski definition) is 2. The fraction of sp³-hybridized carbons (Fsp3) is 0.0625. The first-order valence-corrected chi connectivity index (χ1v) is 6.56. The van der Waals surface area contributed by atoms with Gasteiger partial charge in [-0.2, -0.15) is 5.10 Å². The summed E-state index contributed by atoms with van der Waals surface area (Å²) in [5, 5.41) is 9.72. The van der Waals surface area contributed by atoms with Crippen LogP contribution < -0.4 is 5.32 Å². The Balaban J connectivity index is 1.78. The van der Waals surface area contributed by atoms with Crippen molar-refractivity contribution in [3.05, 3.63) is 66.1 Å². The largest absolute Gasteiger partial charge is 0.321 e. The van der Waals surface area contributed by atoms with E-state index in [0.717, 1.165) is 11.3 Å². The summed E-state index contributed by atoms with van der Waals surface area (Å²) in [6.07, 6.45) is 3.25. The van der Waals surface area contributed by atoms with Gasteiger partial charge >= 0.3 is 0 Å². The quantitative estimate of drug-likeness (QED) is 0.773. The molecule has 21 heavy (non-hydrogen) atoms. The van der Waals surface area contributed by atoms with E-state index in [1.54, 1.807) is 30.6 Å². The van der Waals surface area contributed by atoms with E-state index in [2.05, 4.69) is 20.5 Å². The molecule has 3 rings (SSSR count). The molecule has 0 aliphatic carbocycles. The molecule has 2 aromatic heterocycles. The molecule has 0 spiro atoms. The highest BCUT2D eigenvalue weighted by molar-refractivity contribution is 6.03. The van der Waals surface area contributed by atoms with Gasteiger partial charge in [0, 0.05) is 23.6 Å². The summed E-state index contributed by atoms with van der Waals surface area (Å²) in [6, 6.07) is 13.2. The molecule has 2 heterocycles. The average molecular weight is 278 g/mol. The van der Waals surface area contributed by atoms with Crippen molar-refractivity contribution < 1.29 is 4.79 Å². The number of aryl methyl sites for hydroxylation is 1. The summed E-state index contributed by atoms with van der Waals surface area (Å²) in [4.78, 5) is 16.0. The van der Waals surface area contributed by atoms with Crippen molar-refractivity contribution in [1.29, 1.82) is 0 Å². The summed E-state index contributed by atoms with van der Waals surface area (Å²) in [5.41, 5.74) is 4.02. The van der Waals surface area contributed by atoms with Gasteiger partial charge in [-0.15, -0.1) is 0 Å². The lowest BCUT2D eigenvalue weighted by Crippen LogP contribution is -2.12. The maximum atomic E-state index is 12.1. The van der Waals surface area contributed by atoms with Crippen molar-refractivity contribution >= 4 is 11.6 Å². The van der Waals surface area contributed by atoms with Gasteiger partial charge in [-0.25, -0.2) is 0 Å². The van der Waals surface area contributed by atoms with Crippen LogP contribution in [0.1, 0.15) is 16.1 Å². The molecule has 1 aromatic carbocycles. The minimum Gasteiger partial charge on any atom is -0.321 e. The molecular weight excluding hydrogens is 264 g/mol. The fourth-order valence-corrected chi connectivity index (χ4v) is 1.94. The van der Waals surface area contributed by atoms with Gasteiger partial charge in [-0.3, -0.25) is 14.9 Å². The number of anilines is 1. The molecule has 0 saturated carbocycles. The number of hydrogen-bond acceptors (Lipinski definition) is 3. The molecule has 0 bridgehead atoms. The van der Waals surface area contributed by atoms with Crippen molar-refractivity contribution in [3.8, 4) is 11.3 Å². The van der Waals surface area contributed by atoms with Crippen LogP contribution in [0.15, 0.2) is 54.9 Å². The van der Waals surface area contributed by atoms with Crippen molar-refractivity contribution in [2.24, 2.45) is 0 Å². The highest BCUT2D eigenvalue weighted by Gasteiger charge is 2.11. The normalized spacial score (nSPS) is 10.3. The van der Waals surface area contributed by atoms with Gasteiger partial charge in [-0.1, -0.05) is 29.8 Å². The Kier molecular flexibility index (Phi) is 3.47. The highest BCUT2D eigenvalue weighted by atomic mass is 16.1. The third-order valence-corrected chi connectivity index (χ3v) is 3.11. The Morgan fingerprint density at radius 1 is 1.10 bits per heavy atom. The number of nitrogens with zero attached hydrogens (tertiary/aromatic N) is 2. The molecule has 5 nitrogen and oxygen atoms in total. The van der Waals surface area contributed by atoms with Crippen LogP contribution >= 0.6 is 0 Å². The number of aromatic nitrogens is 3. The molecule has 1 amide bonds. The number of carbonyl (C=O) groups is 1. The smallest absolute Gasteiger partial charge is 0.273 e. The number of carbonyl (C=O) groups excluding carboxylic acids is 1. The Bertz CT molecular complexity index is 747. The van der Waals surface area contributed by atoms with Gasteiger partial charge in [0.05, 0.1) is 5.69 Å². The zero-order valence-electron chi connectivity index (χ0n) is 11.5. The first-order valence-electron chi connectivity index (χ1n) is 6.56. The SMILES string of the molecule is Cc1ccc(-c2cc(C(=O)Nc3ccncc3)[nH]n2)cc1. The van der Waals surface area contributed by atoms with E-state index in [0.29, 0.717) is 11.4 Å². The number of benzene rings is 1. The van der Waals surface area contributed by atoms with Crippen molar-refractivity contribution in [1.82, 2.24) is 15.2 Å². The first kappa shape index (κ1) is 13.1. The minimum atomic E-state index is -0.230. The topological polar surface area (TPSA) is 70.7 Å². The molecule has 5 heteroatoms. The number of pyridine rings is 1. The van der Waals surface area contributed by atoms with Crippen LogP contribution in [0.2, 0.25) is 0 Å². The van der Waals surface area contributed by atoms with Crippen LogP contribution in [0.25, 0.3) is 11.3 Å². The Hall–Kier alpha value is -2.95. The number of H-pyrrole nitrogens is 1. The molecule has 0 aliphatic heterocycles. The van der Waals surface area contributed by atoms with E-state index >= 15 is 0 Å². The zero-order valence-corrected chi connectivity index (χ0v) is 11.5. The predicted octanol–water partition coefficient (Wildman–Crippen LogP) is 3.03. The van der Waals surface area contributed by atoms with Crippen molar-refractivity contribution in [2.45, 2.75) is 6.92 Å². The molecule has 0 atom stereocenters.